The molecule has 0 bridgehead atoms. The van der Waals surface area contributed by atoms with Gasteiger partial charge in [0.05, 0.1) is 11.2 Å². The van der Waals surface area contributed by atoms with E-state index in [0.29, 0.717) is 22.3 Å². The molecule has 0 amide bonds. The summed E-state index contributed by atoms with van der Waals surface area (Å²) in [5.41, 5.74) is 0. The van der Waals surface area contributed by atoms with E-state index < -0.39 is 6.10 Å². The number of H-pyrrole nitrogens is 1. The van der Waals surface area contributed by atoms with Crippen molar-refractivity contribution in [2.24, 2.45) is 0 Å². The zero-order chi connectivity index (χ0) is 17.6. The number of anilines is 1. The van der Waals surface area contributed by atoms with Gasteiger partial charge in [-0.05, 0) is 24.3 Å². The van der Waals surface area contributed by atoms with E-state index in [0.717, 1.165) is 32.0 Å². The third-order valence-electron chi connectivity index (χ3n) is 4.35. The Morgan fingerprint density at radius 2 is 2.00 bits per heavy atom. The summed E-state index contributed by atoms with van der Waals surface area (Å²) in [4.78, 5) is 6.98. The van der Waals surface area contributed by atoms with Crippen molar-refractivity contribution in [3.8, 4) is 5.75 Å². The molecule has 1 aromatic heterocycles. The Hall–Kier alpha value is -1.53. The van der Waals surface area contributed by atoms with E-state index in [1.807, 2.05) is 18.3 Å². The molecule has 1 aliphatic rings. The summed E-state index contributed by atoms with van der Waals surface area (Å²) in [5.74, 6) is 1.69. The van der Waals surface area contributed by atoms with Crippen molar-refractivity contribution >= 4 is 29.0 Å². The summed E-state index contributed by atoms with van der Waals surface area (Å²) >= 11 is 11.9. The standard InChI is InChI=1S/C18H21Cl2N3O2/c19-14-4-5-17(16(20)11-14)25-13-15(24)12-22-7-9-23(10-8-22)18-3-1-2-6-21-18/h1-6,11,15,24H,7-10,12-13H2/p+2/t15-/m1/s1. The number of rotatable bonds is 6. The fraction of sp³-hybridized carbons (Fsp3) is 0.389. The lowest BCUT2D eigenvalue weighted by Crippen LogP contribution is -3.16. The number of ether oxygens (including phenoxy) is 1. The number of pyridine rings is 1. The Bertz CT molecular complexity index is 679. The highest BCUT2D eigenvalue weighted by Crippen LogP contribution is 2.27. The van der Waals surface area contributed by atoms with Crippen molar-refractivity contribution < 1.29 is 19.7 Å². The quantitative estimate of drug-likeness (QED) is 0.780. The lowest BCUT2D eigenvalue weighted by Gasteiger charge is -2.29. The minimum atomic E-state index is -0.531. The van der Waals surface area contributed by atoms with Crippen LogP contribution in [0.15, 0.2) is 42.6 Å². The molecule has 0 aliphatic carbocycles. The van der Waals surface area contributed by atoms with Crippen LogP contribution in [0.2, 0.25) is 10.0 Å². The number of halogens is 2. The first kappa shape index (κ1) is 18.3. The molecule has 7 heteroatoms. The largest absolute Gasteiger partial charge is 0.489 e. The summed E-state index contributed by atoms with van der Waals surface area (Å²) in [6.07, 6.45) is 1.41. The van der Waals surface area contributed by atoms with Gasteiger partial charge < -0.3 is 14.7 Å². The molecule has 2 aromatic rings. The van der Waals surface area contributed by atoms with Gasteiger partial charge in [-0.3, -0.25) is 4.90 Å². The van der Waals surface area contributed by atoms with Gasteiger partial charge in [-0.25, -0.2) is 4.98 Å². The number of piperazine rings is 1. The first-order valence-corrected chi connectivity index (χ1v) is 9.18. The van der Waals surface area contributed by atoms with Gasteiger partial charge in [0, 0.05) is 11.1 Å². The molecular formula is C18H23Cl2N3O2+2. The van der Waals surface area contributed by atoms with Gasteiger partial charge in [0.25, 0.3) is 5.82 Å². The van der Waals surface area contributed by atoms with E-state index >= 15 is 0 Å². The average molecular weight is 384 g/mol. The lowest BCUT2D eigenvalue weighted by molar-refractivity contribution is -0.903. The predicted octanol–water partition coefficient (Wildman–Crippen LogP) is 0.952. The van der Waals surface area contributed by atoms with Crippen LogP contribution in [0.5, 0.6) is 5.75 Å². The van der Waals surface area contributed by atoms with Gasteiger partial charge in [-0.15, -0.1) is 0 Å². The van der Waals surface area contributed by atoms with Gasteiger partial charge in [0.2, 0.25) is 0 Å². The highest BCUT2D eigenvalue weighted by molar-refractivity contribution is 6.35. The molecule has 0 radical (unpaired) electrons. The molecule has 3 N–H and O–H groups in total. The zero-order valence-electron chi connectivity index (χ0n) is 13.9. The normalized spacial score (nSPS) is 16.7. The number of hydrogen-bond acceptors (Lipinski definition) is 3. The number of aromatic nitrogens is 1. The molecule has 0 unspecified atom stereocenters. The second kappa shape index (κ2) is 8.72. The summed E-state index contributed by atoms with van der Waals surface area (Å²) in [7, 11) is 0. The Labute approximate surface area is 157 Å². The Balaban J connectivity index is 1.42. The van der Waals surface area contributed by atoms with Crippen molar-refractivity contribution in [3.05, 3.63) is 52.6 Å². The second-order valence-electron chi connectivity index (χ2n) is 6.23. The Morgan fingerprint density at radius 1 is 1.20 bits per heavy atom. The van der Waals surface area contributed by atoms with Crippen LogP contribution >= 0.6 is 23.2 Å². The zero-order valence-corrected chi connectivity index (χ0v) is 15.4. The fourth-order valence-electron chi connectivity index (χ4n) is 3.02. The number of nitrogens with one attached hydrogen (secondary N) is 2. The molecule has 134 valence electrons. The van der Waals surface area contributed by atoms with Crippen molar-refractivity contribution in [2.45, 2.75) is 6.10 Å². The third-order valence-corrected chi connectivity index (χ3v) is 4.88. The first-order chi connectivity index (χ1) is 12.1. The molecular weight excluding hydrogens is 361 g/mol. The maximum Gasteiger partial charge on any atom is 0.274 e. The van der Waals surface area contributed by atoms with E-state index in [9.17, 15) is 5.11 Å². The Morgan fingerprint density at radius 3 is 2.68 bits per heavy atom. The molecule has 0 saturated carbocycles. The van der Waals surface area contributed by atoms with Crippen molar-refractivity contribution in [2.75, 3.05) is 44.2 Å². The van der Waals surface area contributed by atoms with Crippen LogP contribution < -0.4 is 19.5 Å². The molecule has 3 rings (SSSR count). The smallest absolute Gasteiger partial charge is 0.274 e. The number of nitrogens with zero attached hydrogens (tertiary/aromatic N) is 1. The molecule has 0 spiro atoms. The van der Waals surface area contributed by atoms with Crippen molar-refractivity contribution in [1.82, 2.24) is 0 Å². The molecule has 5 nitrogen and oxygen atoms in total. The molecule has 1 saturated heterocycles. The van der Waals surface area contributed by atoms with Crippen LogP contribution in [0, 0.1) is 0 Å². The van der Waals surface area contributed by atoms with E-state index in [1.165, 1.54) is 4.90 Å². The monoisotopic (exact) mass is 383 g/mol. The van der Waals surface area contributed by atoms with Gasteiger partial charge in [-0.2, -0.15) is 0 Å². The van der Waals surface area contributed by atoms with Crippen molar-refractivity contribution in [3.63, 3.8) is 0 Å². The van der Waals surface area contributed by atoms with E-state index in [-0.39, 0.29) is 6.61 Å². The van der Waals surface area contributed by atoms with Gasteiger partial charge in [0.1, 0.15) is 51.2 Å². The topological polar surface area (TPSA) is 51.3 Å². The summed E-state index contributed by atoms with van der Waals surface area (Å²) < 4.78 is 5.62. The highest BCUT2D eigenvalue weighted by Gasteiger charge is 2.27. The minimum absolute atomic E-state index is 0.223. The number of hydrogen-bond donors (Lipinski definition) is 2. The van der Waals surface area contributed by atoms with Gasteiger partial charge in [-0.1, -0.05) is 29.3 Å². The van der Waals surface area contributed by atoms with Crippen LogP contribution in [0.25, 0.3) is 0 Å². The van der Waals surface area contributed by atoms with E-state index in [2.05, 4.69) is 16.0 Å². The summed E-state index contributed by atoms with van der Waals surface area (Å²) in [6, 6.07) is 11.2. The van der Waals surface area contributed by atoms with Crippen LogP contribution in [-0.2, 0) is 0 Å². The van der Waals surface area contributed by atoms with E-state index in [4.69, 9.17) is 27.9 Å². The number of aliphatic hydroxyl groups excluding tert-OH is 1. The van der Waals surface area contributed by atoms with Crippen LogP contribution in [0.1, 0.15) is 0 Å². The average Bonchev–Trinajstić information content (AvgIpc) is 2.62. The van der Waals surface area contributed by atoms with E-state index in [1.54, 1.807) is 18.2 Å². The van der Waals surface area contributed by atoms with Crippen LogP contribution in [0.3, 0.4) is 0 Å². The maximum atomic E-state index is 10.3. The Kier molecular flexibility index (Phi) is 6.37. The number of aromatic amines is 1. The minimum Gasteiger partial charge on any atom is -0.489 e. The van der Waals surface area contributed by atoms with Gasteiger partial charge >= 0.3 is 0 Å². The number of quaternary nitrogens is 1. The third kappa shape index (κ3) is 5.22. The highest BCUT2D eigenvalue weighted by atomic mass is 35.5. The number of aliphatic hydroxyl groups is 1. The molecule has 1 aliphatic heterocycles. The maximum absolute atomic E-state index is 10.3. The fourth-order valence-corrected chi connectivity index (χ4v) is 3.48. The summed E-state index contributed by atoms with van der Waals surface area (Å²) in [5, 5.41) is 11.3. The first-order valence-electron chi connectivity index (χ1n) is 8.43. The van der Waals surface area contributed by atoms with Crippen molar-refractivity contribution in [1.29, 1.82) is 0 Å². The number of benzene rings is 1. The lowest BCUT2D eigenvalue weighted by atomic mass is 10.2. The molecule has 25 heavy (non-hydrogen) atoms. The molecule has 2 heterocycles. The molecule has 1 aromatic carbocycles. The predicted molar refractivity (Wildman–Crippen MR) is 98.7 cm³/mol. The SMILES string of the molecule is O[C@@H](COc1ccc(Cl)cc1Cl)C[NH+]1CCN(c2cccc[nH+]2)CC1. The summed E-state index contributed by atoms with van der Waals surface area (Å²) in [6.45, 7) is 4.79. The molecule has 1 fully saturated rings. The van der Waals surface area contributed by atoms with Gasteiger partial charge in [0.15, 0.2) is 0 Å². The van der Waals surface area contributed by atoms with Crippen LogP contribution in [0.4, 0.5) is 5.82 Å². The van der Waals surface area contributed by atoms with Crippen LogP contribution in [-0.4, -0.2) is 50.5 Å². The molecule has 1 atom stereocenters. The second-order valence-corrected chi connectivity index (χ2v) is 7.07.